The molecular formula is C28H24F2N8O2S. The van der Waals surface area contributed by atoms with Gasteiger partial charge in [-0.3, -0.25) is 10.1 Å². The Kier molecular flexibility index (Phi) is 6.47. The molecule has 0 saturated carbocycles. The Morgan fingerprint density at radius 1 is 1.00 bits per heavy atom. The average Bonchev–Trinajstić information content (AvgIpc) is 3.56. The molecule has 0 aliphatic heterocycles. The number of pyridine rings is 2. The van der Waals surface area contributed by atoms with Crippen LogP contribution >= 0.6 is 0 Å². The van der Waals surface area contributed by atoms with E-state index in [1.54, 1.807) is 42.9 Å². The number of fused-ring (bicyclic) bond motifs is 2. The molecule has 6 rings (SSSR count). The van der Waals surface area contributed by atoms with Crippen LogP contribution in [0.25, 0.3) is 55.8 Å². The van der Waals surface area contributed by atoms with Crippen LogP contribution in [-0.4, -0.2) is 58.9 Å². The number of benzene rings is 2. The highest BCUT2D eigenvalue weighted by Gasteiger charge is 2.21. The Hall–Kier alpha value is -4.75. The van der Waals surface area contributed by atoms with Gasteiger partial charge >= 0.3 is 0 Å². The SMILES string of the molecule is CN(C)c1cncc(-c2ccc3[nH]nc(-c4nc5c(-c6cc(F)cc(CNS(C)(=O)=O)c6)ccnc5[nH]4)c3c2F)c1. The van der Waals surface area contributed by atoms with E-state index < -0.39 is 21.7 Å². The Balaban J connectivity index is 1.45. The summed E-state index contributed by atoms with van der Waals surface area (Å²) in [6.07, 6.45) is 5.89. The number of hydrogen-bond donors (Lipinski definition) is 3. The second-order valence-corrected chi connectivity index (χ2v) is 11.7. The third kappa shape index (κ3) is 5.12. The number of rotatable bonds is 7. The summed E-state index contributed by atoms with van der Waals surface area (Å²) in [4.78, 5) is 18.3. The molecule has 0 atom stereocenters. The third-order valence-electron chi connectivity index (χ3n) is 6.63. The van der Waals surface area contributed by atoms with E-state index in [4.69, 9.17) is 0 Å². The summed E-state index contributed by atoms with van der Waals surface area (Å²) in [5.74, 6) is -0.738. The third-order valence-corrected chi connectivity index (χ3v) is 7.30. The highest BCUT2D eigenvalue weighted by Crippen LogP contribution is 2.35. The van der Waals surface area contributed by atoms with Gasteiger partial charge in [0.25, 0.3) is 0 Å². The summed E-state index contributed by atoms with van der Waals surface area (Å²) in [6.45, 7) is -0.0719. The maximum atomic E-state index is 16.1. The van der Waals surface area contributed by atoms with Crippen molar-refractivity contribution in [2.75, 3.05) is 25.3 Å². The van der Waals surface area contributed by atoms with Crippen LogP contribution in [0.1, 0.15) is 5.56 Å². The monoisotopic (exact) mass is 574 g/mol. The van der Waals surface area contributed by atoms with E-state index in [2.05, 4.69) is 34.9 Å². The van der Waals surface area contributed by atoms with Gasteiger partial charge < -0.3 is 9.88 Å². The smallest absolute Gasteiger partial charge is 0.209 e. The van der Waals surface area contributed by atoms with Crippen molar-refractivity contribution in [1.29, 1.82) is 0 Å². The maximum absolute atomic E-state index is 16.1. The van der Waals surface area contributed by atoms with Crippen molar-refractivity contribution in [2.45, 2.75) is 6.54 Å². The molecule has 3 N–H and O–H groups in total. The van der Waals surface area contributed by atoms with Crippen molar-refractivity contribution in [3.05, 3.63) is 78.3 Å². The van der Waals surface area contributed by atoms with Gasteiger partial charge in [-0.2, -0.15) is 5.10 Å². The molecule has 208 valence electrons. The minimum absolute atomic E-state index is 0.0719. The Bertz CT molecular complexity index is 2050. The Labute approximate surface area is 233 Å². The standard InChI is InChI=1S/C28H24F2N8O2S/c1-38(2)19-11-17(13-31-14-19)20-4-5-22-23(24(20)30)26(37-36-22)28-34-25-21(6-7-32-27(25)35-28)16-8-15(9-18(29)10-16)12-33-41(3,39)40/h4-11,13-14,33H,12H2,1-3H3,(H,36,37)(H,32,34,35). The van der Waals surface area contributed by atoms with Gasteiger partial charge in [-0.1, -0.05) is 0 Å². The molecule has 13 heteroatoms. The van der Waals surface area contributed by atoms with E-state index >= 15 is 4.39 Å². The number of hydrogen-bond acceptors (Lipinski definition) is 7. The summed E-state index contributed by atoms with van der Waals surface area (Å²) in [6, 6.07) is 11.2. The van der Waals surface area contributed by atoms with Gasteiger partial charge in [0.05, 0.1) is 29.0 Å². The van der Waals surface area contributed by atoms with Gasteiger partial charge in [0, 0.05) is 49.7 Å². The first-order valence-electron chi connectivity index (χ1n) is 12.5. The van der Waals surface area contributed by atoms with Crippen LogP contribution in [0.15, 0.2) is 61.1 Å². The van der Waals surface area contributed by atoms with E-state index in [1.165, 1.54) is 12.1 Å². The molecule has 0 bridgehead atoms. The molecule has 0 aliphatic carbocycles. The van der Waals surface area contributed by atoms with Crippen LogP contribution in [0.4, 0.5) is 14.5 Å². The van der Waals surface area contributed by atoms with Gasteiger partial charge in [-0.25, -0.2) is 31.9 Å². The topological polar surface area (TPSA) is 133 Å². The minimum Gasteiger partial charge on any atom is -0.376 e. The lowest BCUT2D eigenvalue weighted by atomic mass is 10.0. The lowest BCUT2D eigenvalue weighted by molar-refractivity contribution is 0.586. The summed E-state index contributed by atoms with van der Waals surface area (Å²) >= 11 is 0. The molecule has 0 amide bonds. The summed E-state index contributed by atoms with van der Waals surface area (Å²) < 4.78 is 56.0. The lowest BCUT2D eigenvalue weighted by Gasteiger charge is -2.13. The van der Waals surface area contributed by atoms with Crippen LogP contribution in [0.2, 0.25) is 0 Å². The zero-order chi connectivity index (χ0) is 28.9. The number of halogens is 2. The molecule has 4 aromatic heterocycles. The number of anilines is 1. The predicted molar refractivity (Wildman–Crippen MR) is 154 cm³/mol. The van der Waals surface area contributed by atoms with E-state index in [-0.39, 0.29) is 23.4 Å². The van der Waals surface area contributed by atoms with Gasteiger partial charge in [-0.05, 0) is 53.6 Å². The number of sulfonamides is 1. The zero-order valence-corrected chi connectivity index (χ0v) is 23.0. The van der Waals surface area contributed by atoms with Crippen molar-refractivity contribution < 1.29 is 17.2 Å². The van der Waals surface area contributed by atoms with Gasteiger partial charge in [0.15, 0.2) is 11.5 Å². The molecule has 0 spiro atoms. The average molecular weight is 575 g/mol. The Morgan fingerprint density at radius 2 is 1.83 bits per heavy atom. The van der Waals surface area contributed by atoms with Crippen LogP contribution in [-0.2, 0) is 16.6 Å². The van der Waals surface area contributed by atoms with Crippen molar-refractivity contribution >= 4 is 37.8 Å². The first kappa shape index (κ1) is 26.5. The highest BCUT2D eigenvalue weighted by molar-refractivity contribution is 7.88. The predicted octanol–water partition coefficient (Wildman–Crippen LogP) is 4.62. The number of aromatic amines is 2. The number of H-pyrrole nitrogens is 2. The fourth-order valence-electron chi connectivity index (χ4n) is 4.66. The highest BCUT2D eigenvalue weighted by atomic mass is 32.2. The molecule has 2 aromatic carbocycles. The van der Waals surface area contributed by atoms with E-state index in [0.717, 1.165) is 11.9 Å². The van der Waals surface area contributed by atoms with Crippen molar-refractivity contribution in [1.82, 2.24) is 34.9 Å². The van der Waals surface area contributed by atoms with E-state index in [0.29, 0.717) is 44.5 Å². The van der Waals surface area contributed by atoms with Crippen molar-refractivity contribution in [2.24, 2.45) is 0 Å². The molecule has 0 fully saturated rings. The van der Waals surface area contributed by atoms with Crippen LogP contribution in [0, 0.1) is 11.6 Å². The molecule has 0 aliphatic rings. The molecule has 41 heavy (non-hydrogen) atoms. The second kappa shape index (κ2) is 10.0. The fraction of sp³-hybridized carbons (Fsp3) is 0.143. The zero-order valence-electron chi connectivity index (χ0n) is 22.2. The number of aromatic nitrogens is 6. The Morgan fingerprint density at radius 3 is 2.61 bits per heavy atom. The first-order chi connectivity index (χ1) is 19.6. The largest absolute Gasteiger partial charge is 0.376 e. The fourth-order valence-corrected chi connectivity index (χ4v) is 5.09. The molecular weight excluding hydrogens is 550 g/mol. The quantitative estimate of drug-likeness (QED) is 0.253. The van der Waals surface area contributed by atoms with Crippen LogP contribution < -0.4 is 9.62 Å². The number of nitrogens with one attached hydrogen (secondary N) is 3. The number of imidazole rings is 1. The minimum atomic E-state index is -3.46. The normalized spacial score (nSPS) is 11.9. The summed E-state index contributed by atoms with van der Waals surface area (Å²) in [7, 11) is 0.305. The lowest BCUT2D eigenvalue weighted by Crippen LogP contribution is -2.21. The second-order valence-electron chi connectivity index (χ2n) is 9.83. The summed E-state index contributed by atoms with van der Waals surface area (Å²) in [5.41, 5.74) is 4.85. The van der Waals surface area contributed by atoms with Gasteiger partial charge in [-0.15, -0.1) is 0 Å². The van der Waals surface area contributed by atoms with Crippen molar-refractivity contribution in [3.63, 3.8) is 0 Å². The van der Waals surface area contributed by atoms with Crippen molar-refractivity contribution in [3.8, 4) is 33.8 Å². The molecule has 0 unspecified atom stereocenters. The molecule has 0 saturated heterocycles. The first-order valence-corrected chi connectivity index (χ1v) is 14.4. The number of nitrogens with zero attached hydrogens (tertiary/aromatic N) is 5. The van der Waals surface area contributed by atoms with Crippen LogP contribution in [0.3, 0.4) is 0 Å². The van der Waals surface area contributed by atoms with Gasteiger partial charge in [0.1, 0.15) is 22.8 Å². The van der Waals surface area contributed by atoms with Gasteiger partial charge in [0.2, 0.25) is 10.0 Å². The maximum Gasteiger partial charge on any atom is 0.209 e. The summed E-state index contributed by atoms with van der Waals surface area (Å²) in [5, 5.41) is 7.46. The van der Waals surface area contributed by atoms with E-state index in [1.807, 2.05) is 25.1 Å². The molecule has 6 aromatic rings. The van der Waals surface area contributed by atoms with E-state index in [9.17, 15) is 12.8 Å². The van der Waals surface area contributed by atoms with Crippen LogP contribution in [0.5, 0.6) is 0 Å². The molecule has 10 nitrogen and oxygen atoms in total. The molecule has 4 heterocycles. The molecule has 0 radical (unpaired) electrons.